The Balaban J connectivity index is 1.71. The molecule has 0 fully saturated rings. The highest BCUT2D eigenvalue weighted by Gasteiger charge is 2.27. The second-order valence-electron chi connectivity index (χ2n) is 5.43. The number of carbonyl (C=O) groups excluding carboxylic acids is 1. The molecular formula is C17H21N3OS. The monoisotopic (exact) mass is 315 g/mol. The molecule has 0 atom stereocenters. The molecule has 1 amide bonds. The van der Waals surface area contributed by atoms with Gasteiger partial charge in [0.05, 0.1) is 13.0 Å². The molecule has 4 nitrogen and oxygen atoms in total. The van der Waals surface area contributed by atoms with Gasteiger partial charge in [-0.1, -0.05) is 43.8 Å². The van der Waals surface area contributed by atoms with Crippen LogP contribution in [0.2, 0.25) is 0 Å². The van der Waals surface area contributed by atoms with Crippen LogP contribution in [-0.4, -0.2) is 29.1 Å². The van der Waals surface area contributed by atoms with E-state index in [9.17, 15) is 4.79 Å². The highest BCUT2D eigenvalue weighted by atomic mass is 32.2. The Labute approximate surface area is 135 Å². The Bertz CT molecular complexity index is 629. The lowest BCUT2D eigenvalue weighted by molar-refractivity contribution is -0.115. The number of anilines is 1. The lowest BCUT2D eigenvalue weighted by Crippen LogP contribution is -2.24. The molecule has 1 N–H and O–H groups in total. The van der Waals surface area contributed by atoms with Gasteiger partial charge in [0.25, 0.3) is 0 Å². The third kappa shape index (κ3) is 2.90. The molecule has 0 aromatic heterocycles. The summed E-state index contributed by atoms with van der Waals surface area (Å²) < 4.78 is 0. The van der Waals surface area contributed by atoms with Crippen LogP contribution in [0, 0.1) is 0 Å². The number of thioether (sulfide) groups is 1. The lowest BCUT2D eigenvalue weighted by Gasteiger charge is -2.18. The molecule has 0 bridgehead atoms. The minimum atomic E-state index is 0.0515. The van der Waals surface area contributed by atoms with Crippen LogP contribution in [0.4, 0.5) is 5.69 Å². The molecule has 2 aliphatic heterocycles. The summed E-state index contributed by atoms with van der Waals surface area (Å²) in [6.07, 6.45) is 2.25. The number of hydrogen-bond acceptors (Lipinski definition) is 4. The van der Waals surface area contributed by atoms with Gasteiger partial charge in [-0.3, -0.25) is 9.79 Å². The molecule has 1 aromatic carbocycles. The topological polar surface area (TPSA) is 44.7 Å². The summed E-state index contributed by atoms with van der Waals surface area (Å²) in [5.41, 5.74) is 4.46. The number of amides is 1. The number of aliphatic imine (C=N–C) groups is 1. The molecule has 0 saturated carbocycles. The third-order valence-corrected chi connectivity index (χ3v) is 5.00. The molecule has 0 spiro atoms. The molecule has 0 saturated heterocycles. The number of hydrogen-bond donors (Lipinski definition) is 1. The van der Waals surface area contributed by atoms with E-state index in [4.69, 9.17) is 0 Å². The summed E-state index contributed by atoms with van der Waals surface area (Å²) in [7, 11) is 0. The van der Waals surface area contributed by atoms with Gasteiger partial charge in [-0.15, -0.1) is 0 Å². The number of fused-ring (bicyclic) bond motifs is 1. The Morgan fingerprint density at radius 2 is 2.05 bits per heavy atom. The number of nitrogens with one attached hydrogen (secondary N) is 1. The Morgan fingerprint density at radius 3 is 2.73 bits per heavy atom. The summed E-state index contributed by atoms with van der Waals surface area (Å²) in [4.78, 5) is 19.0. The smallest absolute Gasteiger partial charge is 0.230 e. The van der Waals surface area contributed by atoms with Gasteiger partial charge in [-0.25, -0.2) is 0 Å². The zero-order valence-electron chi connectivity index (χ0n) is 13.1. The van der Waals surface area contributed by atoms with E-state index in [0.29, 0.717) is 6.42 Å². The largest absolute Gasteiger partial charge is 0.325 e. The van der Waals surface area contributed by atoms with Gasteiger partial charge in [0.2, 0.25) is 5.91 Å². The third-order valence-electron chi connectivity index (χ3n) is 4.05. The number of carbonyl (C=O) groups is 1. The van der Waals surface area contributed by atoms with Crippen LogP contribution in [0.15, 0.2) is 34.3 Å². The number of benzene rings is 1. The van der Waals surface area contributed by atoms with Crippen molar-refractivity contribution in [3.63, 3.8) is 0 Å². The Morgan fingerprint density at radius 1 is 1.32 bits per heavy atom. The van der Waals surface area contributed by atoms with Crippen LogP contribution in [0.1, 0.15) is 31.4 Å². The van der Waals surface area contributed by atoms with Crippen LogP contribution < -0.4 is 5.32 Å². The van der Waals surface area contributed by atoms with E-state index in [1.54, 1.807) is 11.8 Å². The lowest BCUT2D eigenvalue weighted by atomic mass is 10.0. The van der Waals surface area contributed by atoms with E-state index in [0.717, 1.165) is 42.5 Å². The SMILES string of the molecule is CCc1cccc(CC)c1NC(=O)CC1=CSC2=NCCN12. The molecule has 2 heterocycles. The van der Waals surface area contributed by atoms with Crippen molar-refractivity contribution in [2.75, 3.05) is 18.4 Å². The fourth-order valence-corrected chi connectivity index (χ4v) is 3.82. The van der Waals surface area contributed by atoms with E-state index in [1.807, 2.05) is 5.41 Å². The summed E-state index contributed by atoms with van der Waals surface area (Å²) in [5.74, 6) is 0.0515. The van der Waals surface area contributed by atoms with Gasteiger partial charge in [0.15, 0.2) is 5.17 Å². The van der Waals surface area contributed by atoms with Crippen molar-refractivity contribution in [3.05, 3.63) is 40.4 Å². The van der Waals surface area contributed by atoms with Crippen LogP contribution >= 0.6 is 11.8 Å². The van der Waals surface area contributed by atoms with Gasteiger partial charge in [-0.2, -0.15) is 0 Å². The molecular weight excluding hydrogens is 294 g/mol. The predicted octanol–water partition coefficient (Wildman–Crippen LogP) is 3.40. The molecule has 0 radical (unpaired) electrons. The van der Waals surface area contributed by atoms with Crippen molar-refractivity contribution in [3.8, 4) is 0 Å². The van der Waals surface area contributed by atoms with Gasteiger partial charge in [-0.05, 0) is 29.4 Å². The van der Waals surface area contributed by atoms with Crippen molar-refractivity contribution in [2.24, 2.45) is 4.99 Å². The van der Waals surface area contributed by atoms with E-state index in [2.05, 4.69) is 47.3 Å². The fraction of sp³-hybridized carbons (Fsp3) is 0.412. The first-order valence-electron chi connectivity index (χ1n) is 7.81. The predicted molar refractivity (Wildman–Crippen MR) is 93.1 cm³/mol. The number of aryl methyl sites for hydroxylation is 2. The number of amidine groups is 1. The summed E-state index contributed by atoms with van der Waals surface area (Å²) in [5, 5.41) is 6.21. The maximum absolute atomic E-state index is 12.5. The maximum Gasteiger partial charge on any atom is 0.230 e. The van der Waals surface area contributed by atoms with Crippen molar-refractivity contribution < 1.29 is 4.79 Å². The van der Waals surface area contributed by atoms with Crippen LogP contribution in [-0.2, 0) is 17.6 Å². The van der Waals surface area contributed by atoms with E-state index in [-0.39, 0.29) is 5.91 Å². The van der Waals surface area contributed by atoms with E-state index < -0.39 is 0 Å². The van der Waals surface area contributed by atoms with Gasteiger partial charge >= 0.3 is 0 Å². The quantitative estimate of drug-likeness (QED) is 0.906. The zero-order valence-corrected chi connectivity index (χ0v) is 13.9. The fourth-order valence-electron chi connectivity index (χ4n) is 2.87. The molecule has 0 unspecified atom stereocenters. The molecule has 2 aliphatic rings. The second kappa shape index (κ2) is 6.57. The number of rotatable bonds is 5. The van der Waals surface area contributed by atoms with Gasteiger partial charge < -0.3 is 10.2 Å². The first kappa shape index (κ1) is 15.2. The standard InChI is InChI=1S/C17H21N3OS/c1-3-12-6-5-7-13(4-2)16(12)19-15(21)10-14-11-22-17-18-8-9-20(14)17/h5-7,11H,3-4,8-10H2,1-2H3,(H,19,21). The number of nitrogens with zero attached hydrogens (tertiary/aromatic N) is 2. The molecule has 116 valence electrons. The second-order valence-corrected chi connectivity index (χ2v) is 6.26. The van der Waals surface area contributed by atoms with E-state index >= 15 is 0 Å². The molecule has 3 rings (SSSR count). The minimum absolute atomic E-state index is 0.0515. The van der Waals surface area contributed by atoms with Crippen LogP contribution in [0.5, 0.6) is 0 Å². The van der Waals surface area contributed by atoms with Crippen LogP contribution in [0.3, 0.4) is 0 Å². The average Bonchev–Trinajstić information content (AvgIpc) is 3.12. The molecule has 0 aliphatic carbocycles. The van der Waals surface area contributed by atoms with Crippen LogP contribution in [0.25, 0.3) is 0 Å². The van der Waals surface area contributed by atoms with Crippen molar-refractivity contribution in [1.29, 1.82) is 0 Å². The highest BCUT2D eigenvalue weighted by Crippen LogP contribution is 2.31. The van der Waals surface area contributed by atoms with Gasteiger partial charge in [0, 0.05) is 17.9 Å². The summed E-state index contributed by atoms with van der Waals surface area (Å²) in [6, 6.07) is 6.24. The number of para-hydroxylation sites is 1. The first-order chi connectivity index (χ1) is 10.7. The average molecular weight is 315 g/mol. The first-order valence-corrected chi connectivity index (χ1v) is 8.69. The van der Waals surface area contributed by atoms with Crippen molar-refractivity contribution >= 4 is 28.5 Å². The zero-order chi connectivity index (χ0) is 15.5. The van der Waals surface area contributed by atoms with Gasteiger partial charge in [0.1, 0.15) is 0 Å². The summed E-state index contributed by atoms with van der Waals surface area (Å²) >= 11 is 1.62. The van der Waals surface area contributed by atoms with Crippen molar-refractivity contribution in [2.45, 2.75) is 33.1 Å². The molecule has 22 heavy (non-hydrogen) atoms. The Hall–Kier alpha value is -1.75. The van der Waals surface area contributed by atoms with Crippen molar-refractivity contribution in [1.82, 2.24) is 4.90 Å². The van der Waals surface area contributed by atoms with E-state index in [1.165, 1.54) is 11.1 Å². The maximum atomic E-state index is 12.5. The summed E-state index contributed by atoms with van der Waals surface area (Å²) in [6.45, 7) is 5.97. The highest BCUT2D eigenvalue weighted by molar-refractivity contribution is 8.16. The normalized spacial score (nSPS) is 16.4. The molecule has 5 heteroatoms. The Kier molecular flexibility index (Phi) is 4.52. The minimum Gasteiger partial charge on any atom is -0.325 e. The molecule has 1 aromatic rings.